The zero-order valence-electron chi connectivity index (χ0n) is 32.4. The molecule has 0 radical (unpaired) electrons. The molecule has 0 aliphatic rings. The lowest BCUT2D eigenvalue weighted by atomic mass is 9.11. The van der Waals surface area contributed by atoms with Crippen LogP contribution >= 0.6 is 0 Å². The predicted molar refractivity (Wildman–Crippen MR) is 229 cm³/mol. The van der Waals surface area contributed by atoms with Crippen molar-refractivity contribution in [3.05, 3.63) is 64.7 Å². The first-order valence-corrected chi connectivity index (χ1v) is 17.8. The summed E-state index contributed by atoms with van der Waals surface area (Å²) >= 11 is 0. The number of benzene rings is 2. The zero-order valence-corrected chi connectivity index (χ0v) is 32.4. The topological polar surface area (TPSA) is 221 Å². The molecule has 0 aliphatic heterocycles. The van der Waals surface area contributed by atoms with Gasteiger partial charge in [-0.1, -0.05) is 51.3 Å². The smallest absolute Gasteiger partial charge is 0.243 e. The maximum Gasteiger partial charge on any atom is 0.243 e. The second kappa shape index (κ2) is 17.7. The van der Waals surface area contributed by atoms with Crippen LogP contribution in [-0.4, -0.2) is 128 Å². The van der Waals surface area contributed by atoms with Crippen LogP contribution in [0.2, 0.25) is 15.6 Å². The Morgan fingerprint density at radius 2 is 1.41 bits per heavy atom. The quantitative estimate of drug-likeness (QED) is 0.0316. The fourth-order valence-electron chi connectivity index (χ4n) is 6.53. The van der Waals surface area contributed by atoms with Crippen LogP contribution in [-0.2, 0) is 27.2 Å². The Morgan fingerprint density at radius 3 is 1.94 bits per heavy atom. The monoisotopic (exact) mass is 693 g/mol. The minimum absolute atomic E-state index is 0.0987. The molecule has 0 spiro atoms. The summed E-state index contributed by atoms with van der Waals surface area (Å²) in [6, 6.07) is 9.99. The normalized spacial score (nSPS) is 14.0. The molecule has 2 aromatic rings. The number of carbonyl (C=O) groups is 3. The number of amides is 3. The van der Waals surface area contributed by atoms with E-state index < -0.39 is 50.9 Å². The number of phenolic OH excluding ortho intramolecular Hbond substituents is 1. The summed E-state index contributed by atoms with van der Waals surface area (Å²) in [6.07, 6.45) is 1.47. The lowest BCUT2D eigenvalue weighted by molar-refractivity contribution is -0.132. The van der Waals surface area contributed by atoms with Gasteiger partial charge in [0.25, 0.3) is 0 Å². The number of hydrogen-bond donors (Lipinski definition) is 9. The first-order valence-electron chi connectivity index (χ1n) is 17.8. The Morgan fingerprint density at radius 1 is 0.843 bits per heavy atom. The second-order valence-electron chi connectivity index (χ2n) is 16.1. The molecule has 20 heteroatoms. The molecule has 0 bridgehead atoms. The van der Waals surface area contributed by atoms with Crippen molar-refractivity contribution in [2.24, 2.45) is 17.2 Å². The molecule has 0 saturated heterocycles. The van der Waals surface area contributed by atoms with Crippen molar-refractivity contribution in [1.29, 1.82) is 5.41 Å². The van der Waals surface area contributed by atoms with Crippen LogP contribution in [0.5, 0.6) is 5.75 Å². The highest BCUT2D eigenvalue weighted by molar-refractivity contribution is 6.66. The van der Waals surface area contributed by atoms with E-state index in [9.17, 15) is 19.5 Å². The summed E-state index contributed by atoms with van der Waals surface area (Å²) in [5, 5.41) is 26.6. The summed E-state index contributed by atoms with van der Waals surface area (Å²) in [5.41, 5.74) is 21.7. The fraction of sp³-hybridized carbons (Fsp3) is 0.484. The van der Waals surface area contributed by atoms with Crippen LogP contribution in [0.25, 0.3) is 0 Å². The number of hydrogen-bond acceptors (Lipinski definition) is 7. The lowest BCUT2D eigenvalue weighted by Crippen LogP contribution is -2.67. The van der Waals surface area contributed by atoms with Crippen LogP contribution in [0.3, 0.4) is 0 Å². The summed E-state index contributed by atoms with van der Waals surface area (Å²) in [4.78, 5) is 42.2. The highest BCUT2D eigenvalue weighted by Gasteiger charge is 2.56. The SMILES string of the molecule is BC(B)(N)C(B)(B)C(B)(B)C(B)(B)C(NC(=O)[C@H](Cc1c(C)cc(O)cc1C)NC(=O)[C@H](N)CCCNC(=N)N)C(=O)NCCc1ccccc1. The molecule has 12 N–H and O–H groups in total. The number of guanidine groups is 1. The molecule has 51 heavy (non-hydrogen) atoms. The number of aromatic hydroxyl groups is 1. The number of aryl methyl sites for hydroxylation is 2. The van der Waals surface area contributed by atoms with Gasteiger partial charge in [-0.2, -0.15) is 0 Å². The van der Waals surface area contributed by atoms with E-state index in [0.29, 0.717) is 25.9 Å². The van der Waals surface area contributed by atoms with Gasteiger partial charge >= 0.3 is 0 Å². The van der Waals surface area contributed by atoms with Crippen LogP contribution in [0, 0.1) is 19.3 Å². The van der Waals surface area contributed by atoms with Crippen molar-refractivity contribution >= 4 is 86.5 Å². The maximum atomic E-state index is 14.5. The summed E-state index contributed by atoms with van der Waals surface area (Å²) < 4.78 is 0. The molecule has 12 nitrogen and oxygen atoms in total. The predicted octanol–water partition coefficient (Wildman–Crippen LogP) is -7.50. The van der Waals surface area contributed by atoms with Gasteiger partial charge in [0, 0.05) is 19.5 Å². The van der Waals surface area contributed by atoms with Gasteiger partial charge in [-0.25, -0.2) is 0 Å². The van der Waals surface area contributed by atoms with E-state index in [1.54, 1.807) is 12.1 Å². The number of nitrogens with one attached hydrogen (secondary N) is 5. The van der Waals surface area contributed by atoms with E-state index in [2.05, 4.69) is 52.7 Å². The number of carbonyl (C=O) groups excluding carboxylic acids is 3. The number of rotatable bonds is 18. The first-order chi connectivity index (χ1) is 23.4. The number of phenols is 1. The molecule has 0 aromatic heterocycles. The Hall–Kier alpha value is -3.64. The maximum absolute atomic E-state index is 14.5. The average Bonchev–Trinajstić information content (AvgIpc) is 3.02. The molecule has 0 fully saturated rings. The third-order valence-corrected chi connectivity index (χ3v) is 11.7. The lowest BCUT2D eigenvalue weighted by Gasteiger charge is -2.61. The van der Waals surface area contributed by atoms with Crippen molar-refractivity contribution in [3.63, 3.8) is 0 Å². The van der Waals surface area contributed by atoms with Gasteiger partial charge in [-0.15, -0.1) is 0 Å². The molecule has 268 valence electrons. The van der Waals surface area contributed by atoms with E-state index in [-0.39, 0.29) is 30.5 Å². The summed E-state index contributed by atoms with van der Waals surface area (Å²) in [5.74, 6) is -1.49. The van der Waals surface area contributed by atoms with Gasteiger partial charge < -0.3 is 43.6 Å². The first kappa shape index (κ1) is 43.5. The van der Waals surface area contributed by atoms with Gasteiger partial charge in [0.15, 0.2) is 5.96 Å². The van der Waals surface area contributed by atoms with Crippen LogP contribution in [0.15, 0.2) is 42.5 Å². The molecule has 0 saturated carbocycles. The molecule has 3 amide bonds. The third-order valence-electron chi connectivity index (χ3n) is 11.7. The minimum atomic E-state index is -1.10. The highest BCUT2D eigenvalue weighted by Crippen LogP contribution is 2.60. The van der Waals surface area contributed by atoms with Gasteiger partial charge in [0.2, 0.25) is 17.7 Å². The molecular weight excluding hydrogens is 635 g/mol. The molecule has 1 unspecified atom stereocenters. The van der Waals surface area contributed by atoms with Crippen molar-refractivity contribution < 1.29 is 19.5 Å². The standard InChI is InChI=1S/C31H56B8N8O4/c1-16-13-19(48)14-17(2)20(16)15-22(46-24(49)21(40)9-6-11-45-27(41)42)25(50)47-23(26(51)44-12-10-18-7-4-3-5-8-18)28(32,33)29(34,35)30(36,37)31(38,39)43/h3-5,7-8,13-14,21-23,48H,6,9-12,15,32-40,43H2,1-2H3,(H,44,51)(H,46,49)(H,47,50)(H4,41,42,45)/t21-,22+,23?/m1/s1. The molecule has 2 aromatic carbocycles. The van der Waals surface area contributed by atoms with Crippen LogP contribution < -0.4 is 38.5 Å². The van der Waals surface area contributed by atoms with Crippen molar-refractivity contribution in [2.45, 2.75) is 78.6 Å². The molecular formula is C31H56B8N8O4. The van der Waals surface area contributed by atoms with Crippen LogP contribution in [0.4, 0.5) is 0 Å². The molecule has 0 heterocycles. The van der Waals surface area contributed by atoms with Crippen LogP contribution in [0.1, 0.15) is 35.1 Å². The second-order valence-corrected chi connectivity index (χ2v) is 16.1. The average molecular weight is 691 g/mol. The molecule has 3 atom stereocenters. The summed E-state index contributed by atoms with van der Waals surface area (Å²) in [6.45, 7) is 4.39. The van der Waals surface area contributed by atoms with Gasteiger partial charge in [0.05, 0.1) is 43.5 Å². The molecule has 0 aliphatic carbocycles. The third kappa shape index (κ3) is 11.2. The molecule has 2 rings (SSSR count). The van der Waals surface area contributed by atoms with Crippen molar-refractivity contribution in [2.75, 3.05) is 13.1 Å². The van der Waals surface area contributed by atoms with E-state index in [1.165, 1.54) is 0 Å². The van der Waals surface area contributed by atoms with Gasteiger partial charge in [0.1, 0.15) is 43.2 Å². The zero-order chi connectivity index (χ0) is 38.9. The fourth-order valence-corrected chi connectivity index (χ4v) is 6.53. The Balaban J connectivity index is 2.53. The van der Waals surface area contributed by atoms with Gasteiger partial charge in [-0.05, 0) is 67.5 Å². The van der Waals surface area contributed by atoms with E-state index in [4.69, 9.17) is 22.6 Å². The van der Waals surface area contributed by atoms with Crippen molar-refractivity contribution in [1.82, 2.24) is 21.3 Å². The Bertz CT molecular complexity index is 1520. The minimum Gasteiger partial charge on any atom is -0.508 e. The van der Waals surface area contributed by atoms with E-state index in [1.807, 2.05) is 75.6 Å². The van der Waals surface area contributed by atoms with E-state index >= 15 is 0 Å². The Kier molecular flexibility index (Phi) is 15.1. The Labute approximate surface area is 311 Å². The summed E-state index contributed by atoms with van der Waals surface area (Å²) in [7, 11) is 16.2. The largest absolute Gasteiger partial charge is 0.508 e. The number of nitrogens with two attached hydrogens (primary N) is 3. The van der Waals surface area contributed by atoms with Gasteiger partial charge in [-0.3, -0.25) is 19.8 Å². The van der Waals surface area contributed by atoms with Crippen molar-refractivity contribution in [3.8, 4) is 5.75 Å². The highest BCUT2D eigenvalue weighted by atomic mass is 16.3. The van der Waals surface area contributed by atoms with E-state index in [0.717, 1.165) is 22.3 Å².